The molecule has 0 aliphatic heterocycles. The van der Waals surface area contributed by atoms with Crippen LogP contribution in [0.2, 0.25) is 0 Å². The molecule has 1 atom stereocenters. The molecule has 0 aliphatic rings. The first-order valence-corrected chi connectivity index (χ1v) is 5.69. The first kappa shape index (κ1) is 13.0. The summed E-state index contributed by atoms with van der Waals surface area (Å²) < 4.78 is 0. The molecule has 0 aliphatic carbocycles. The number of hydrogen-bond donors (Lipinski definition) is 2. The second kappa shape index (κ2) is 5.87. The van der Waals surface area contributed by atoms with E-state index in [0.717, 1.165) is 13.0 Å². The van der Waals surface area contributed by atoms with Gasteiger partial charge in [-0.2, -0.15) is 0 Å². The summed E-state index contributed by atoms with van der Waals surface area (Å²) in [6, 6.07) is 6.31. The van der Waals surface area contributed by atoms with Crippen molar-refractivity contribution in [1.82, 2.24) is 0 Å². The highest BCUT2D eigenvalue weighted by molar-refractivity contribution is 5.53. The van der Waals surface area contributed by atoms with Crippen molar-refractivity contribution >= 4 is 5.69 Å². The SMILES string of the molecule is Cc1ccc(N(C)CCC(N)CO)c(C)c1. The van der Waals surface area contributed by atoms with Gasteiger partial charge in [-0.25, -0.2) is 0 Å². The van der Waals surface area contributed by atoms with Gasteiger partial charge in [0.2, 0.25) is 0 Å². The van der Waals surface area contributed by atoms with Crippen LogP contribution in [0, 0.1) is 13.8 Å². The third-order valence-electron chi connectivity index (χ3n) is 2.83. The first-order chi connectivity index (χ1) is 7.54. The highest BCUT2D eigenvalue weighted by Gasteiger charge is 2.06. The van der Waals surface area contributed by atoms with Crippen LogP contribution in [0.3, 0.4) is 0 Å². The number of aliphatic hydroxyl groups is 1. The van der Waals surface area contributed by atoms with Crippen LogP contribution in [0.1, 0.15) is 17.5 Å². The summed E-state index contributed by atoms with van der Waals surface area (Å²) in [5.74, 6) is 0. The number of aryl methyl sites for hydroxylation is 2. The van der Waals surface area contributed by atoms with Gasteiger partial charge in [-0.05, 0) is 31.9 Å². The molecular weight excluding hydrogens is 200 g/mol. The molecule has 3 N–H and O–H groups in total. The van der Waals surface area contributed by atoms with Gasteiger partial charge in [0.25, 0.3) is 0 Å². The van der Waals surface area contributed by atoms with Gasteiger partial charge in [-0.3, -0.25) is 0 Å². The van der Waals surface area contributed by atoms with E-state index in [-0.39, 0.29) is 12.6 Å². The van der Waals surface area contributed by atoms with E-state index < -0.39 is 0 Å². The maximum Gasteiger partial charge on any atom is 0.0583 e. The van der Waals surface area contributed by atoms with E-state index in [0.29, 0.717) is 0 Å². The Bertz CT molecular complexity index is 339. The van der Waals surface area contributed by atoms with Gasteiger partial charge in [0.05, 0.1) is 6.61 Å². The summed E-state index contributed by atoms with van der Waals surface area (Å²) in [5, 5.41) is 8.87. The largest absolute Gasteiger partial charge is 0.395 e. The lowest BCUT2D eigenvalue weighted by atomic mass is 10.1. The zero-order chi connectivity index (χ0) is 12.1. The first-order valence-electron chi connectivity index (χ1n) is 5.69. The smallest absolute Gasteiger partial charge is 0.0583 e. The molecule has 0 saturated carbocycles. The zero-order valence-electron chi connectivity index (χ0n) is 10.4. The monoisotopic (exact) mass is 222 g/mol. The molecule has 3 heteroatoms. The average Bonchev–Trinajstić information content (AvgIpc) is 2.25. The Morgan fingerprint density at radius 2 is 2.06 bits per heavy atom. The molecule has 1 aromatic rings. The van der Waals surface area contributed by atoms with Crippen LogP contribution in [0.5, 0.6) is 0 Å². The molecule has 0 saturated heterocycles. The zero-order valence-corrected chi connectivity index (χ0v) is 10.4. The predicted molar refractivity (Wildman–Crippen MR) is 68.9 cm³/mol. The Balaban J connectivity index is 2.62. The lowest BCUT2D eigenvalue weighted by Crippen LogP contribution is -2.30. The lowest BCUT2D eigenvalue weighted by Gasteiger charge is -2.23. The highest BCUT2D eigenvalue weighted by atomic mass is 16.3. The van der Waals surface area contributed by atoms with Crippen LogP contribution in [-0.4, -0.2) is 31.3 Å². The normalized spacial score (nSPS) is 12.6. The quantitative estimate of drug-likeness (QED) is 0.793. The van der Waals surface area contributed by atoms with Crippen molar-refractivity contribution in [3.05, 3.63) is 29.3 Å². The number of rotatable bonds is 5. The van der Waals surface area contributed by atoms with Gasteiger partial charge in [0.15, 0.2) is 0 Å². The van der Waals surface area contributed by atoms with E-state index in [9.17, 15) is 0 Å². The fraction of sp³-hybridized carbons (Fsp3) is 0.538. The summed E-state index contributed by atoms with van der Waals surface area (Å²) in [5.41, 5.74) is 9.47. The second-order valence-corrected chi connectivity index (χ2v) is 4.44. The highest BCUT2D eigenvalue weighted by Crippen LogP contribution is 2.19. The fourth-order valence-corrected chi connectivity index (χ4v) is 1.80. The average molecular weight is 222 g/mol. The van der Waals surface area contributed by atoms with E-state index in [1.54, 1.807) is 0 Å². The Morgan fingerprint density at radius 3 is 2.62 bits per heavy atom. The molecule has 0 aromatic heterocycles. The van der Waals surface area contributed by atoms with Crippen molar-refractivity contribution in [3.8, 4) is 0 Å². The summed E-state index contributed by atoms with van der Waals surface area (Å²) in [6.07, 6.45) is 0.806. The van der Waals surface area contributed by atoms with Crippen LogP contribution in [0.15, 0.2) is 18.2 Å². The van der Waals surface area contributed by atoms with E-state index in [1.165, 1.54) is 16.8 Å². The second-order valence-electron chi connectivity index (χ2n) is 4.44. The molecular formula is C13H22N2O. The van der Waals surface area contributed by atoms with Crippen molar-refractivity contribution in [1.29, 1.82) is 0 Å². The third-order valence-corrected chi connectivity index (χ3v) is 2.83. The molecule has 0 fully saturated rings. The van der Waals surface area contributed by atoms with E-state index in [4.69, 9.17) is 10.8 Å². The predicted octanol–water partition coefficient (Wildman–Crippen LogP) is 1.45. The summed E-state index contributed by atoms with van der Waals surface area (Å²) in [6.45, 7) is 5.13. The van der Waals surface area contributed by atoms with Crippen LogP contribution in [0.25, 0.3) is 0 Å². The number of nitrogens with two attached hydrogens (primary N) is 1. The number of benzene rings is 1. The molecule has 0 radical (unpaired) electrons. The van der Waals surface area contributed by atoms with Crippen LogP contribution in [-0.2, 0) is 0 Å². The molecule has 0 spiro atoms. The molecule has 1 rings (SSSR count). The van der Waals surface area contributed by atoms with Gasteiger partial charge >= 0.3 is 0 Å². The van der Waals surface area contributed by atoms with Gasteiger partial charge < -0.3 is 15.7 Å². The number of nitrogens with zero attached hydrogens (tertiary/aromatic N) is 1. The van der Waals surface area contributed by atoms with Crippen LogP contribution in [0.4, 0.5) is 5.69 Å². The Kier molecular flexibility index (Phi) is 4.77. The molecule has 0 bridgehead atoms. The number of anilines is 1. The topological polar surface area (TPSA) is 49.5 Å². The maximum absolute atomic E-state index is 8.87. The summed E-state index contributed by atoms with van der Waals surface area (Å²) in [4.78, 5) is 2.18. The summed E-state index contributed by atoms with van der Waals surface area (Å²) in [7, 11) is 2.06. The van der Waals surface area contributed by atoms with Crippen molar-refractivity contribution in [2.45, 2.75) is 26.3 Å². The van der Waals surface area contributed by atoms with Crippen LogP contribution < -0.4 is 10.6 Å². The molecule has 3 nitrogen and oxygen atoms in total. The van der Waals surface area contributed by atoms with Gasteiger partial charge in [-0.15, -0.1) is 0 Å². The van der Waals surface area contributed by atoms with Crippen LogP contribution >= 0.6 is 0 Å². The van der Waals surface area contributed by atoms with Crippen molar-refractivity contribution in [2.75, 3.05) is 25.1 Å². The lowest BCUT2D eigenvalue weighted by molar-refractivity contribution is 0.261. The fourth-order valence-electron chi connectivity index (χ4n) is 1.80. The Hall–Kier alpha value is -1.06. The van der Waals surface area contributed by atoms with Gasteiger partial charge in [0, 0.05) is 25.3 Å². The molecule has 0 heterocycles. The summed E-state index contributed by atoms with van der Waals surface area (Å²) >= 11 is 0. The standard InChI is InChI=1S/C13H22N2O/c1-10-4-5-13(11(2)8-10)15(3)7-6-12(14)9-16/h4-5,8,12,16H,6-7,9,14H2,1-3H3. The molecule has 1 aromatic carbocycles. The number of hydrogen-bond acceptors (Lipinski definition) is 3. The molecule has 0 amide bonds. The minimum atomic E-state index is -0.117. The number of aliphatic hydroxyl groups excluding tert-OH is 1. The molecule has 16 heavy (non-hydrogen) atoms. The molecule has 1 unspecified atom stereocenters. The molecule has 90 valence electrons. The van der Waals surface area contributed by atoms with Crippen molar-refractivity contribution in [3.63, 3.8) is 0 Å². The van der Waals surface area contributed by atoms with E-state index >= 15 is 0 Å². The minimum absolute atomic E-state index is 0.0563. The Labute approximate surface area is 97.9 Å². The van der Waals surface area contributed by atoms with Crippen molar-refractivity contribution in [2.24, 2.45) is 5.73 Å². The van der Waals surface area contributed by atoms with Gasteiger partial charge in [0.1, 0.15) is 0 Å². The maximum atomic E-state index is 8.87. The Morgan fingerprint density at radius 1 is 1.38 bits per heavy atom. The van der Waals surface area contributed by atoms with E-state index in [1.807, 2.05) is 0 Å². The third kappa shape index (κ3) is 3.51. The van der Waals surface area contributed by atoms with Crippen molar-refractivity contribution < 1.29 is 5.11 Å². The van der Waals surface area contributed by atoms with Gasteiger partial charge in [-0.1, -0.05) is 17.7 Å². The minimum Gasteiger partial charge on any atom is -0.395 e. The van der Waals surface area contributed by atoms with E-state index in [2.05, 4.69) is 44.0 Å².